The molecule has 0 bridgehead atoms. The van der Waals surface area contributed by atoms with Crippen molar-refractivity contribution in [3.05, 3.63) is 11.6 Å². The average Bonchev–Trinajstić information content (AvgIpc) is 2.79. The van der Waals surface area contributed by atoms with Crippen LogP contribution in [-0.4, -0.2) is 21.2 Å². The molecule has 1 fully saturated rings. The maximum Gasteiger partial charge on any atom is 0.153 e. The monoisotopic (exact) mass is 236 g/mol. The Morgan fingerprint density at radius 3 is 2.82 bits per heavy atom. The topological polar surface area (TPSA) is 67.6 Å². The normalized spacial score (nSPS) is 19.4. The summed E-state index contributed by atoms with van der Waals surface area (Å²) in [6.07, 6.45) is 9.53. The fraction of sp³-hybridized carbons (Fsp3) is 0.846. The summed E-state index contributed by atoms with van der Waals surface area (Å²) in [7, 11) is 0. The van der Waals surface area contributed by atoms with Crippen molar-refractivity contribution in [3.8, 4) is 0 Å². The van der Waals surface area contributed by atoms with Gasteiger partial charge in [0, 0.05) is 18.4 Å². The quantitative estimate of drug-likeness (QED) is 0.825. The molecule has 96 valence electrons. The van der Waals surface area contributed by atoms with Gasteiger partial charge < -0.3 is 5.73 Å². The Labute approximate surface area is 103 Å². The van der Waals surface area contributed by atoms with Crippen LogP contribution in [0.25, 0.3) is 0 Å². The van der Waals surface area contributed by atoms with E-state index in [1.54, 1.807) is 0 Å². The molecule has 1 unspecified atom stereocenters. The van der Waals surface area contributed by atoms with Crippen molar-refractivity contribution in [1.29, 1.82) is 0 Å². The van der Waals surface area contributed by atoms with E-state index in [9.17, 15) is 0 Å². The SMILES string of the molecule is CCCC(N)Cc1nc(C2CCCCC2)n[nH]1. The predicted molar refractivity (Wildman–Crippen MR) is 68.8 cm³/mol. The van der Waals surface area contributed by atoms with Gasteiger partial charge in [-0.25, -0.2) is 4.98 Å². The van der Waals surface area contributed by atoms with Gasteiger partial charge in [-0.15, -0.1) is 0 Å². The van der Waals surface area contributed by atoms with Crippen LogP contribution in [0.4, 0.5) is 0 Å². The number of hydrogen-bond acceptors (Lipinski definition) is 3. The first-order valence-electron chi connectivity index (χ1n) is 6.96. The van der Waals surface area contributed by atoms with Gasteiger partial charge in [0.05, 0.1) is 0 Å². The fourth-order valence-corrected chi connectivity index (χ4v) is 2.67. The largest absolute Gasteiger partial charge is 0.327 e. The number of nitrogens with one attached hydrogen (secondary N) is 1. The molecule has 17 heavy (non-hydrogen) atoms. The van der Waals surface area contributed by atoms with Gasteiger partial charge in [-0.1, -0.05) is 32.6 Å². The smallest absolute Gasteiger partial charge is 0.153 e. The van der Waals surface area contributed by atoms with Crippen molar-refractivity contribution >= 4 is 0 Å². The van der Waals surface area contributed by atoms with Gasteiger partial charge in [-0.2, -0.15) is 5.10 Å². The first kappa shape index (κ1) is 12.6. The van der Waals surface area contributed by atoms with Crippen LogP contribution in [0, 0.1) is 0 Å². The van der Waals surface area contributed by atoms with Gasteiger partial charge >= 0.3 is 0 Å². The Hall–Kier alpha value is -0.900. The molecule has 0 saturated heterocycles. The van der Waals surface area contributed by atoms with E-state index >= 15 is 0 Å². The van der Waals surface area contributed by atoms with Crippen LogP contribution in [0.1, 0.15) is 69.4 Å². The second-order valence-corrected chi connectivity index (χ2v) is 5.23. The minimum absolute atomic E-state index is 0.215. The zero-order valence-corrected chi connectivity index (χ0v) is 10.8. The number of nitrogens with two attached hydrogens (primary N) is 1. The molecule has 4 nitrogen and oxygen atoms in total. The lowest BCUT2D eigenvalue weighted by atomic mass is 9.89. The molecule has 0 radical (unpaired) electrons. The zero-order valence-electron chi connectivity index (χ0n) is 10.8. The molecule has 3 N–H and O–H groups in total. The van der Waals surface area contributed by atoms with Crippen molar-refractivity contribution in [3.63, 3.8) is 0 Å². The molecule has 0 aliphatic heterocycles. The van der Waals surface area contributed by atoms with E-state index < -0.39 is 0 Å². The Kier molecular flexibility index (Phi) is 4.54. The summed E-state index contributed by atoms with van der Waals surface area (Å²) in [6.45, 7) is 2.16. The summed E-state index contributed by atoms with van der Waals surface area (Å²) in [5.74, 6) is 2.56. The lowest BCUT2D eigenvalue weighted by Gasteiger charge is -2.18. The van der Waals surface area contributed by atoms with Gasteiger partial charge in [0.25, 0.3) is 0 Å². The van der Waals surface area contributed by atoms with E-state index in [4.69, 9.17) is 5.73 Å². The maximum atomic E-state index is 6.02. The highest BCUT2D eigenvalue weighted by Crippen LogP contribution is 2.30. The molecule has 1 aromatic heterocycles. The zero-order chi connectivity index (χ0) is 12.1. The van der Waals surface area contributed by atoms with Gasteiger partial charge in [0.1, 0.15) is 5.82 Å². The molecule has 2 rings (SSSR count). The van der Waals surface area contributed by atoms with E-state index in [1.807, 2.05) is 0 Å². The standard InChI is InChI=1S/C13H24N4/c1-2-6-11(14)9-12-15-13(17-16-12)10-7-4-3-5-8-10/h10-11H,2-9,14H2,1H3,(H,15,16,17). The summed E-state index contributed by atoms with van der Waals surface area (Å²) in [5, 5.41) is 7.41. The van der Waals surface area contributed by atoms with Crippen molar-refractivity contribution in [2.75, 3.05) is 0 Å². The third kappa shape index (κ3) is 3.53. The third-order valence-electron chi connectivity index (χ3n) is 3.63. The molecule has 1 aromatic rings. The number of hydrogen-bond donors (Lipinski definition) is 2. The van der Waals surface area contributed by atoms with Gasteiger partial charge in [-0.3, -0.25) is 5.10 Å². The highest BCUT2D eigenvalue weighted by molar-refractivity contribution is 5.00. The Morgan fingerprint density at radius 2 is 2.12 bits per heavy atom. The minimum atomic E-state index is 0.215. The molecule has 4 heteroatoms. The van der Waals surface area contributed by atoms with E-state index in [2.05, 4.69) is 22.1 Å². The van der Waals surface area contributed by atoms with Crippen molar-refractivity contribution in [1.82, 2.24) is 15.2 Å². The average molecular weight is 236 g/mol. The molecule has 1 saturated carbocycles. The predicted octanol–water partition coefficient (Wildman–Crippen LogP) is 2.52. The number of rotatable bonds is 5. The number of nitrogens with zero attached hydrogens (tertiary/aromatic N) is 2. The minimum Gasteiger partial charge on any atom is -0.327 e. The van der Waals surface area contributed by atoms with Gasteiger partial charge in [0.15, 0.2) is 5.82 Å². The second kappa shape index (κ2) is 6.15. The van der Waals surface area contributed by atoms with E-state index in [1.165, 1.54) is 32.1 Å². The lowest BCUT2D eigenvalue weighted by molar-refractivity contribution is 0.429. The summed E-state index contributed by atoms with van der Waals surface area (Å²) in [5.41, 5.74) is 6.02. The first-order chi connectivity index (χ1) is 8.29. The molecule has 1 aliphatic rings. The molecule has 1 aliphatic carbocycles. The third-order valence-corrected chi connectivity index (χ3v) is 3.63. The molecular weight excluding hydrogens is 212 g/mol. The molecule has 0 spiro atoms. The van der Waals surface area contributed by atoms with Crippen LogP contribution in [0.5, 0.6) is 0 Å². The van der Waals surface area contributed by atoms with Gasteiger partial charge in [0.2, 0.25) is 0 Å². The van der Waals surface area contributed by atoms with Crippen LogP contribution >= 0.6 is 0 Å². The number of aromatic nitrogens is 3. The first-order valence-corrected chi connectivity index (χ1v) is 6.96. The number of H-pyrrole nitrogens is 1. The number of aromatic amines is 1. The summed E-state index contributed by atoms with van der Waals surface area (Å²) in [6, 6.07) is 0.215. The molecule has 1 heterocycles. The summed E-state index contributed by atoms with van der Waals surface area (Å²) < 4.78 is 0. The summed E-state index contributed by atoms with van der Waals surface area (Å²) >= 11 is 0. The summed E-state index contributed by atoms with van der Waals surface area (Å²) in [4.78, 5) is 4.61. The van der Waals surface area contributed by atoms with E-state index in [0.717, 1.165) is 30.9 Å². The van der Waals surface area contributed by atoms with Crippen molar-refractivity contribution in [2.24, 2.45) is 5.73 Å². The van der Waals surface area contributed by atoms with E-state index in [0.29, 0.717) is 5.92 Å². The molecular formula is C13H24N4. The molecule has 0 aromatic carbocycles. The Bertz CT molecular complexity index is 328. The van der Waals surface area contributed by atoms with Crippen LogP contribution in [-0.2, 0) is 6.42 Å². The van der Waals surface area contributed by atoms with E-state index in [-0.39, 0.29) is 6.04 Å². The van der Waals surface area contributed by atoms with Crippen LogP contribution in [0.15, 0.2) is 0 Å². The Balaban J connectivity index is 1.90. The lowest BCUT2D eigenvalue weighted by Crippen LogP contribution is -2.23. The van der Waals surface area contributed by atoms with Crippen molar-refractivity contribution < 1.29 is 0 Å². The highest BCUT2D eigenvalue weighted by Gasteiger charge is 2.19. The van der Waals surface area contributed by atoms with Crippen molar-refractivity contribution in [2.45, 2.75) is 70.3 Å². The van der Waals surface area contributed by atoms with Crippen LogP contribution in [0.3, 0.4) is 0 Å². The van der Waals surface area contributed by atoms with Gasteiger partial charge in [-0.05, 0) is 19.3 Å². The highest BCUT2D eigenvalue weighted by atomic mass is 15.2. The fourth-order valence-electron chi connectivity index (χ4n) is 2.67. The van der Waals surface area contributed by atoms with Crippen LogP contribution in [0.2, 0.25) is 0 Å². The Morgan fingerprint density at radius 1 is 1.35 bits per heavy atom. The maximum absolute atomic E-state index is 6.02. The van der Waals surface area contributed by atoms with Crippen LogP contribution < -0.4 is 5.73 Å². The molecule has 1 atom stereocenters. The molecule has 0 amide bonds. The second-order valence-electron chi connectivity index (χ2n) is 5.23.